The van der Waals surface area contributed by atoms with Crippen molar-refractivity contribution in [2.24, 2.45) is 5.73 Å². The van der Waals surface area contributed by atoms with E-state index < -0.39 is 0 Å². The van der Waals surface area contributed by atoms with Crippen LogP contribution < -0.4 is 5.73 Å². The molecule has 2 aromatic heterocycles. The van der Waals surface area contributed by atoms with Gasteiger partial charge in [0.15, 0.2) is 0 Å². The molecule has 15 heavy (non-hydrogen) atoms. The number of thiophene rings is 1. The minimum Gasteiger partial charge on any atom is -0.468 e. The number of hydrogen-bond donors (Lipinski definition) is 1. The molecule has 0 bridgehead atoms. The lowest BCUT2D eigenvalue weighted by Gasteiger charge is -2.11. The molecule has 2 heterocycles. The Labute approximate surface area is 97.5 Å². The SMILES string of the molecule is NCC(SCc1ccco1)c1cccs1. The first-order valence-corrected chi connectivity index (χ1v) is 6.70. The second kappa shape index (κ2) is 5.39. The van der Waals surface area contributed by atoms with Crippen LogP contribution >= 0.6 is 23.1 Å². The topological polar surface area (TPSA) is 39.2 Å². The predicted octanol–water partition coefficient (Wildman–Crippen LogP) is 3.27. The van der Waals surface area contributed by atoms with Crippen LogP contribution in [0.15, 0.2) is 40.3 Å². The molecule has 2 rings (SSSR count). The zero-order valence-corrected chi connectivity index (χ0v) is 9.89. The summed E-state index contributed by atoms with van der Waals surface area (Å²) in [5.74, 6) is 1.89. The van der Waals surface area contributed by atoms with Crippen molar-refractivity contribution in [3.8, 4) is 0 Å². The maximum atomic E-state index is 5.76. The summed E-state index contributed by atoms with van der Waals surface area (Å²) >= 11 is 3.59. The van der Waals surface area contributed by atoms with Gasteiger partial charge >= 0.3 is 0 Å². The molecule has 2 N–H and O–H groups in total. The van der Waals surface area contributed by atoms with E-state index in [1.807, 2.05) is 23.9 Å². The standard InChI is InChI=1S/C11H13NOS2/c12-7-11(10-4-2-6-14-10)15-8-9-3-1-5-13-9/h1-6,11H,7-8,12H2. The highest BCUT2D eigenvalue weighted by Gasteiger charge is 2.11. The van der Waals surface area contributed by atoms with E-state index in [0.29, 0.717) is 11.8 Å². The van der Waals surface area contributed by atoms with Gasteiger partial charge in [0.25, 0.3) is 0 Å². The molecule has 0 aliphatic heterocycles. The van der Waals surface area contributed by atoms with Gasteiger partial charge in [0, 0.05) is 11.4 Å². The second-order valence-electron chi connectivity index (χ2n) is 3.13. The van der Waals surface area contributed by atoms with Gasteiger partial charge in [-0.1, -0.05) is 6.07 Å². The Morgan fingerprint density at radius 1 is 1.40 bits per heavy atom. The lowest BCUT2D eigenvalue weighted by Crippen LogP contribution is -2.08. The second-order valence-corrected chi connectivity index (χ2v) is 5.30. The first kappa shape index (κ1) is 10.8. The van der Waals surface area contributed by atoms with E-state index in [9.17, 15) is 0 Å². The van der Waals surface area contributed by atoms with Crippen LogP contribution in [0.3, 0.4) is 0 Å². The molecular formula is C11H13NOS2. The molecule has 0 aliphatic carbocycles. The van der Waals surface area contributed by atoms with Crippen molar-refractivity contribution in [1.29, 1.82) is 0 Å². The Bertz CT molecular complexity index is 369. The summed E-state index contributed by atoms with van der Waals surface area (Å²) < 4.78 is 5.29. The van der Waals surface area contributed by atoms with Gasteiger partial charge in [-0.2, -0.15) is 0 Å². The largest absolute Gasteiger partial charge is 0.468 e. The molecule has 80 valence electrons. The maximum Gasteiger partial charge on any atom is 0.113 e. The van der Waals surface area contributed by atoms with E-state index in [1.165, 1.54) is 4.88 Å². The molecular weight excluding hydrogens is 226 g/mol. The van der Waals surface area contributed by atoms with Crippen molar-refractivity contribution in [2.75, 3.05) is 6.54 Å². The van der Waals surface area contributed by atoms with Crippen LogP contribution in [0.1, 0.15) is 15.9 Å². The van der Waals surface area contributed by atoms with Gasteiger partial charge in [0.05, 0.1) is 17.3 Å². The van der Waals surface area contributed by atoms with Gasteiger partial charge in [0.2, 0.25) is 0 Å². The Morgan fingerprint density at radius 2 is 2.33 bits per heavy atom. The van der Waals surface area contributed by atoms with Crippen molar-refractivity contribution >= 4 is 23.1 Å². The molecule has 1 atom stereocenters. The van der Waals surface area contributed by atoms with Crippen molar-refractivity contribution in [3.05, 3.63) is 46.5 Å². The molecule has 0 saturated heterocycles. The number of nitrogens with two attached hydrogens (primary N) is 1. The number of rotatable bonds is 5. The summed E-state index contributed by atoms with van der Waals surface area (Å²) in [6.45, 7) is 0.673. The third kappa shape index (κ3) is 2.87. The van der Waals surface area contributed by atoms with Crippen molar-refractivity contribution in [2.45, 2.75) is 11.0 Å². The zero-order valence-electron chi connectivity index (χ0n) is 8.26. The van der Waals surface area contributed by atoms with Gasteiger partial charge in [-0.3, -0.25) is 0 Å². The van der Waals surface area contributed by atoms with Crippen LogP contribution in [0.2, 0.25) is 0 Å². The number of thioether (sulfide) groups is 1. The number of hydrogen-bond acceptors (Lipinski definition) is 4. The highest BCUT2D eigenvalue weighted by molar-refractivity contribution is 7.98. The summed E-state index contributed by atoms with van der Waals surface area (Å²) in [7, 11) is 0. The fourth-order valence-electron chi connectivity index (χ4n) is 1.32. The Kier molecular flexibility index (Phi) is 3.88. The molecule has 0 radical (unpaired) electrons. The van der Waals surface area contributed by atoms with Crippen LogP contribution in [0, 0.1) is 0 Å². The molecule has 4 heteroatoms. The summed E-state index contributed by atoms with van der Waals surface area (Å²) in [6.07, 6.45) is 1.71. The Balaban J connectivity index is 1.92. The minimum absolute atomic E-state index is 0.384. The molecule has 0 aliphatic rings. The van der Waals surface area contributed by atoms with Crippen LogP contribution in [0.4, 0.5) is 0 Å². The van der Waals surface area contributed by atoms with E-state index in [0.717, 1.165) is 11.5 Å². The van der Waals surface area contributed by atoms with E-state index in [4.69, 9.17) is 10.2 Å². The molecule has 0 spiro atoms. The fourth-order valence-corrected chi connectivity index (χ4v) is 3.32. The quantitative estimate of drug-likeness (QED) is 0.870. The van der Waals surface area contributed by atoms with Crippen LogP contribution in [-0.4, -0.2) is 6.54 Å². The summed E-state index contributed by atoms with van der Waals surface area (Å²) in [4.78, 5) is 1.34. The summed E-state index contributed by atoms with van der Waals surface area (Å²) in [5, 5.41) is 2.47. The van der Waals surface area contributed by atoms with Gasteiger partial charge in [-0.25, -0.2) is 0 Å². The number of furan rings is 1. The highest BCUT2D eigenvalue weighted by Crippen LogP contribution is 2.33. The smallest absolute Gasteiger partial charge is 0.113 e. The van der Waals surface area contributed by atoms with E-state index in [1.54, 1.807) is 17.6 Å². The Hall–Kier alpha value is -0.710. The van der Waals surface area contributed by atoms with Gasteiger partial charge in [-0.05, 0) is 23.6 Å². The fraction of sp³-hybridized carbons (Fsp3) is 0.273. The average molecular weight is 239 g/mol. The molecule has 0 amide bonds. The zero-order chi connectivity index (χ0) is 10.5. The molecule has 0 saturated carbocycles. The molecule has 2 nitrogen and oxygen atoms in total. The van der Waals surface area contributed by atoms with Gasteiger partial charge in [0.1, 0.15) is 5.76 Å². The third-order valence-corrected chi connectivity index (χ3v) is 4.52. The third-order valence-electron chi connectivity index (χ3n) is 2.08. The van der Waals surface area contributed by atoms with Gasteiger partial charge < -0.3 is 10.2 Å². The molecule has 0 fully saturated rings. The van der Waals surface area contributed by atoms with Crippen LogP contribution in [0.25, 0.3) is 0 Å². The van der Waals surface area contributed by atoms with E-state index >= 15 is 0 Å². The minimum atomic E-state index is 0.384. The van der Waals surface area contributed by atoms with E-state index in [2.05, 4.69) is 17.5 Å². The van der Waals surface area contributed by atoms with Crippen molar-refractivity contribution in [1.82, 2.24) is 0 Å². The van der Waals surface area contributed by atoms with Crippen molar-refractivity contribution < 1.29 is 4.42 Å². The average Bonchev–Trinajstić information content (AvgIpc) is 2.90. The monoisotopic (exact) mass is 239 g/mol. The van der Waals surface area contributed by atoms with Crippen LogP contribution in [-0.2, 0) is 5.75 Å². The van der Waals surface area contributed by atoms with Crippen molar-refractivity contribution in [3.63, 3.8) is 0 Å². The Morgan fingerprint density at radius 3 is 2.93 bits per heavy atom. The molecule has 2 aromatic rings. The van der Waals surface area contributed by atoms with Gasteiger partial charge in [-0.15, -0.1) is 23.1 Å². The summed E-state index contributed by atoms with van der Waals surface area (Å²) in [5.41, 5.74) is 5.76. The first-order chi connectivity index (χ1) is 7.40. The lowest BCUT2D eigenvalue weighted by atomic mass is 10.3. The van der Waals surface area contributed by atoms with E-state index in [-0.39, 0.29) is 0 Å². The normalized spacial score (nSPS) is 12.9. The van der Waals surface area contributed by atoms with Crippen LogP contribution in [0.5, 0.6) is 0 Å². The highest BCUT2D eigenvalue weighted by atomic mass is 32.2. The molecule has 1 unspecified atom stereocenters. The predicted molar refractivity (Wildman–Crippen MR) is 66.1 cm³/mol. The molecule has 0 aromatic carbocycles. The first-order valence-electron chi connectivity index (χ1n) is 4.77. The summed E-state index contributed by atoms with van der Waals surface area (Å²) in [6, 6.07) is 8.11. The lowest BCUT2D eigenvalue weighted by molar-refractivity contribution is 0.530. The maximum absolute atomic E-state index is 5.76.